The van der Waals surface area contributed by atoms with Crippen LogP contribution in [0.15, 0.2) is 103 Å². The Morgan fingerprint density at radius 2 is 1.23 bits per heavy atom. The summed E-state index contributed by atoms with van der Waals surface area (Å²) in [5.74, 6) is 0. The molecule has 0 aliphatic carbocycles. The van der Waals surface area contributed by atoms with Crippen molar-refractivity contribution in [2.24, 2.45) is 0 Å². The van der Waals surface area contributed by atoms with E-state index in [0.717, 1.165) is 0 Å². The molecule has 4 rings (SSSR count). The third-order valence-corrected chi connectivity index (χ3v) is 10.8. The van der Waals surface area contributed by atoms with E-state index in [9.17, 15) is 0 Å². The van der Waals surface area contributed by atoms with Crippen molar-refractivity contribution >= 4 is 18.7 Å². The van der Waals surface area contributed by atoms with Crippen LogP contribution in [-0.4, -0.2) is 21.0 Å². The highest BCUT2D eigenvalue weighted by molar-refractivity contribution is 6.99. The maximum Gasteiger partial charge on any atom is 0.261 e. The van der Waals surface area contributed by atoms with E-state index in [1.165, 1.54) is 15.9 Å². The van der Waals surface area contributed by atoms with Crippen LogP contribution in [0.25, 0.3) is 0 Å². The first kappa shape index (κ1) is 20.8. The van der Waals surface area contributed by atoms with Crippen molar-refractivity contribution in [3.63, 3.8) is 0 Å². The minimum atomic E-state index is -2.53. The fraction of sp³-hybridized carbons (Fsp3) is 0.259. The van der Waals surface area contributed by atoms with Crippen LogP contribution in [0.2, 0.25) is 5.04 Å². The first-order valence-electron chi connectivity index (χ1n) is 10.6. The lowest BCUT2D eigenvalue weighted by atomic mass is 10.1. The summed E-state index contributed by atoms with van der Waals surface area (Å²) in [5.41, 5.74) is 1.18. The summed E-state index contributed by atoms with van der Waals surface area (Å²) in [4.78, 5) is 0. The second-order valence-corrected chi connectivity index (χ2v) is 13.2. The number of hydrogen-bond acceptors (Lipinski definition) is 2. The van der Waals surface area contributed by atoms with Crippen LogP contribution in [0.1, 0.15) is 32.4 Å². The lowest BCUT2D eigenvalue weighted by Crippen LogP contribution is -2.67. The average molecular weight is 415 g/mol. The SMILES string of the molecule is CC(C)(C)[Si](OC[C@@H]1C=C[C@H](c2ccccc2)O1)(c1ccccc1)c1ccccc1. The van der Waals surface area contributed by atoms with Crippen molar-refractivity contribution < 1.29 is 9.16 Å². The van der Waals surface area contributed by atoms with Gasteiger partial charge in [-0.15, -0.1) is 0 Å². The fourth-order valence-corrected chi connectivity index (χ4v) is 8.97. The molecule has 0 fully saturated rings. The van der Waals surface area contributed by atoms with Gasteiger partial charge in [0.05, 0.1) is 12.7 Å². The van der Waals surface area contributed by atoms with Gasteiger partial charge in [-0.2, -0.15) is 0 Å². The zero-order valence-electron chi connectivity index (χ0n) is 18.0. The van der Waals surface area contributed by atoms with E-state index in [4.69, 9.17) is 9.16 Å². The lowest BCUT2D eigenvalue weighted by molar-refractivity contribution is 0.0292. The molecule has 0 radical (unpaired) electrons. The van der Waals surface area contributed by atoms with Crippen molar-refractivity contribution in [3.05, 3.63) is 109 Å². The Balaban J connectivity index is 1.62. The highest BCUT2D eigenvalue weighted by Gasteiger charge is 2.50. The molecule has 1 aliphatic heterocycles. The molecule has 30 heavy (non-hydrogen) atoms. The molecule has 1 heterocycles. The van der Waals surface area contributed by atoms with Crippen LogP contribution in [0.4, 0.5) is 0 Å². The van der Waals surface area contributed by atoms with Crippen LogP contribution in [0.5, 0.6) is 0 Å². The summed E-state index contributed by atoms with van der Waals surface area (Å²) in [7, 11) is -2.53. The molecule has 0 bridgehead atoms. The smallest absolute Gasteiger partial charge is 0.261 e. The van der Waals surface area contributed by atoms with Crippen LogP contribution in [0, 0.1) is 0 Å². The molecule has 3 aromatic carbocycles. The Kier molecular flexibility index (Phi) is 6.05. The molecule has 0 saturated heterocycles. The van der Waals surface area contributed by atoms with Gasteiger partial charge >= 0.3 is 0 Å². The summed E-state index contributed by atoms with van der Waals surface area (Å²) in [6.45, 7) is 7.46. The third kappa shape index (κ3) is 4.06. The van der Waals surface area contributed by atoms with E-state index in [2.05, 4.69) is 118 Å². The summed E-state index contributed by atoms with van der Waals surface area (Å²) >= 11 is 0. The molecule has 0 amide bonds. The summed E-state index contributed by atoms with van der Waals surface area (Å²) in [6, 6.07) is 31.9. The van der Waals surface area contributed by atoms with Gasteiger partial charge in [0.2, 0.25) is 0 Å². The van der Waals surface area contributed by atoms with Crippen molar-refractivity contribution in [2.45, 2.75) is 38.0 Å². The lowest BCUT2D eigenvalue weighted by Gasteiger charge is -2.43. The van der Waals surface area contributed by atoms with Gasteiger partial charge in [0.15, 0.2) is 0 Å². The first-order chi connectivity index (χ1) is 14.5. The number of rotatable bonds is 6. The van der Waals surface area contributed by atoms with Gasteiger partial charge in [-0.25, -0.2) is 0 Å². The number of benzene rings is 3. The van der Waals surface area contributed by atoms with Gasteiger partial charge in [-0.1, -0.05) is 124 Å². The summed E-state index contributed by atoms with van der Waals surface area (Å²) in [6.07, 6.45) is 4.25. The predicted octanol–water partition coefficient (Wildman–Crippen LogP) is 5.26. The molecule has 1 aliphatic rings. The van der Waals surface area contributed by atoms with E-state index in [1.807, 2.05) is 6.07 Å². The average Bonchev–Trinajstić information content (AvgIpc) is 3.25. The second-order valence-electron chi connectivity index (χ2n) is 8.86. The van der Waals surface area contributed by atoms with Crippen LogP contribution in [0.3, 0.4) is 0 Å². The molecular weight excluding hydrogens is 384 g/mol. The molecule has 0 spiro atoms. The Morgan fingerprint density at radius 1 is 0.733 bits per heavy atom. The maximum absolute atomic E-state index is 7.00. The van der Waals surface area contributed by atoms with Crippen LogP contribution >= 0.6 is 0 Å². The third-order valence-electron chi connectivity index (χ3n) is 5.83. The van der Waals surface area contributed by atoms with E-state index in [1.54, 1.807) is 0 Å². The largest absolute Gasteiger partial charge is 0.404 e. The van der Waals surface area contributed by atoms with Gasteiger partial charge in [0.25, 0.3) is 8.32 Å². The van der Waals surface area contributed by atoms with Crippen molar-refractivity contribution in [3.8, 4) is 0 Å². The Labute approximate surface area is 181 Å². The van der Waals surface area contributed by atoms with Gasteiger partial charge in [0, 0.05) is 0 Å². The molecule has 2 atom stereocenters. The van der Waals surface area contributed by atoms with Gasteiger partial charge in [-0.3, -0.25) is 0 Å². The maximum atomic E-state index is 7.00. The number of ether oxygens (including phenoxy) is 1. The second kappa shape index (κ2) is 8.72. The van der Waals surface area contributed by atoms with E-state index < -0.39 is 8.32 Å². The molecule has 2 nitrogen and oxygen atoms in total. The first-order valence-corrected chi connectivity index (χ1v) is 12.6. The number of hydrogen-bond donors (Lipinski definition) is 0. The molecule has 0 N–H and O–H groups in total. The Morgan fingerprint density at radius 3 is 1.73 bits per heavy atom. The van der Waals surface area contributed by atoms with Crippen LogP contribution in [-0.2, 0) is 9.16 Å². The Hall–Kier alpha value is -2.46. The fourth-order valence-electron chi connectivity index (χ4n) is 4.40. The van der Waals surface area contributed by atoms with Gasteiger partial charge in [0.1, 0.15) is 6.10 Å². The van der Waals surface area contributed by atoms with Gasteiger partial charge in [-0.05, 0) is 21.0 Å². The van der Waals surface area contributed by atoms with E-state index in [-0.39, 0.29) is 17.2 Å². The van der Waals surface area contributed by atoms with Crippen molar-refractivity contribution in [1.29, 1.82) is 0 Å². The summed E-state index contributed by atoms with van der Waals surface area (Å²) in [5, 5.41) is 2.56. The monoisotopic (exact) mass is 414 g/mol. The predicted molar refractivity (Wildman–Crippen MR) is 127 cm³/mol. The standard InChI is InChI=1S/C27H30O2Si/c1-27(2,3)30(24-15-9-5-10-16-24,25-17-11-6-12-18-25)28-21-23-19-20-26(29-23)22-13-7-4-8-14-22/h4-20,23,26H,21H2,1-3H3/t23-,26+/m0/s1. The summed E-state index contributed by atoms with van der Waals surface area (Å²) < 4.78 is 13.3. The molecule has 0 unspecified atom stereocenters. The zero-order chi connectivity index (χ0) is 21.0. The molecule has 3 heteroatoms. The molecular formula is C27H30O2Si. The normalized spacial score (nSPS) is 19.2. The quantitative estimate of drug-likeness (QED) is 0.405. The zero-order valence-corrected chi connectivity index (χ0v) is 19.0. The molecule has 0 saturated carbocycles. The topological polar surface area (TPSA) is 18.5 Å². The molecule has 0 aromatic heterocycles. The van der Waals surface area contributed by atoms with Crippen molar-refractivity contribution in [2.75, 3.05) is 6.61 Å². The van der Waals surface area contributed by atoms with E-state index >= 15 is 0 Å². The van der Waals surface area contributed by atoms with Crippen LogP contribution < -0.4 is 10.4 Å². The van der Waals surface area contributed by atoms with Crippen molar-refractivity contribution in [1.82, 2.24) is 0 Å². The minimum Gasteiger partial charge on any atom is -0.404 e. The molecule has 3 aromatic rings. The van der Waals surface area contributed by atoms with E-state index in [0.29, 0.717) is 6.61 Å². The highest BCUT2D eigenvalue weighted by atomic mass is 28.4. The minimum absolute atomic E-state index is 0.000969. The highest BCUT2D eigenvalue weighted by Crippen LogP contribution is 2.37. The van der Waals surface area contributed by atoms with Gasteiger partial charge < -0.3 is 9.16 Å². The Bertz CT molecular complexity index is 923. The molecule has 154 valence electrons.